The fourth-order valence-electron chi connectivity index (χ4n) is 1.56. The summed E-state index contributed by atoms with van der Waals surface area (Å²) in [5.41, 5.74) is 0.447. The van der Waals surface area contributed by atoms with Gasteiger partial charge in [0.1, 0.15) is 0 Å². The molecule has 6 nitrogen and oxygen atoms in total. The van der Waals surface area contributed by atoms with Gasteiger partial charge in [-0.2, -0.15) is 0 Å². The molecular weight excluding hydrogens is 236 g/mol. The Hall–Kier alpha value is -2.63. The van der Waals surface area contributed by atoms with E-state index in [9.17, 15) is 14.9 Å². The number of carbonyl (C=O) groups is 1. The van der Waals surface area contributed by atoms with Crippen LogP contribution in [0.4, 0.5) is 5.69 Å². The van der Waals surface area contributed by atoms with Crippen LogP contribution in [0.15, 0.2) is 42.7 Å². The van der Waals surface area contributed by atoms with Crippen LogP contribution in [0.1, 0.15) is 6.92 Å². The highest BCUT2D eigenvalue weighted by Gasteiger charge is 2.14. The van der Waals surface area contributed by atoms with Gasteiger partial charge in [0, 0.05) is 25.4 Å². The number of nitrogens with zero attached hydrogens (tertiary/aromatic N) is 2. The second kappa shape index (κ2) is 4.70. The van der Waals surface area contributed by atoms with Crippen molar-refractivity contribution in [3.05, 3.63) is 52.8 Å². The lowest BCUT2D eigenvalue weighted by Gasteiger charge is -2.09. The van der Waals surface area contributed by atoms with Gasteiger partial charge in [0.15, 0.2) is 5.75 Å². The molecule has 1 heterocycles. The molecule has 0 bridgehead atoms. The van der Waals surface area contributed by atoms with E-state index in [1.54, 1.807) is 29.1 Å². The number of non-ortho nitro benzene ring substituents is 1. The van der Waals surface area contributed by atoms with E-state index in [1.807, 2.05) is 0 Å². The SMILES string of the molecule is CC(=O)Oc1cc([N+](=O)[O-])ccc1-n1cccc1. The van der Waals surface area contributed by atoms with E-state index in [0.29, 0.717) is 5.69 Å². The predicted molar refractivity (Wildman–Crippen MR) is 63.7 cm³/mol. The largest absolute Gasteiger partial charge is 0.424 e. The molecule has 0 amide bonds. The third-order valence-electron chi connectivity index (χ3n) is 2.29. The highest BCUT2D eigenvalue weighted by atomic mass is 16.6. The first-order valence-electron chi connectivity index (χ1n) is 5.18. The molecule has 0 radical (unpaired) electrons. The van der Waals surface area contributed by atoms with Gasteiger partial charge in [-0.25, -0.2) is 0 Å². The lowest BCUT2D eigenvalue weighted by atomic mass is 10.2. The number of esters is 1. The summed E-state index contributed by atoms with van der Waals surface area (Å²) in [7, 11) is 0. The first-order chi connectivity index (χ1) is 8.58. The molecular formula is C12H10N2O4. The molecule has 6 heteroatoms. The van der Waals surface area contributed by atoms with Gasteiger partial charge in [-0.1, -0.05) is 0 Å². The van der Waals surface area contributed by atoms with Crippen LogP contribution < -0.4 is 4.74 Å². The molecule has 0 spiro atoms. The zero-order chi connectivity index (χ0) is 13.1. The lowest BCUT2D eigenvalue weighted by molar-refractivity contribution is -0.384. The quantitative estimate of drug-likeness (QED) is 0.360. The minimum Gasteiger partial charge on any atom is -0.424 e. The van der Waals surface area contributed by atoms with Gasteiger partial charge in [-0.15, -0.1) is 0 Å². The molecule has 18 heavy (non-hydrogen) atoms. The predicted octanol–water partition coefficient (Wildman–Crippen LogP) is 2.31. The standard InChI is InChI=1S/C12H10N2O4/c1-9(15)18-12-8-10(14(16)17)4-5-11(12)13-6-2-3-7-13/h2-8H,1H3. The zero-order valence-electron chi connectivity index (χ0n) is 9.57. The maximum Gasteiger partial charge on any atom is 0.308 e. The average molecular weight is 246 g/mol. The summed E-state index contributed by atoms with van der Waals surface area (Å²) < 4.78 is 6.71. The number of nitro groups is 1. The third-order valence-corrected chi connectivity index (χ3v) is 2.29. The van der Waals surface area contributed by atoms with Gasteiger partial charge in [0.25, 0.3) is 5.69 Å². The van der Waals surface area contributed by atoms with Gasteiger partial charge in [-0.3, -0.25) is 14.9 Å². The number of hydrogen-bond acceptors (Lipinski definition) is 4. The Kier molecular flexibility index (Phi) is 3.09. The van der Waals surface area contributed by atoms with Crippen LogP contribution in [-0.4, -0.2) is 15.5 Å². The molecule has 1 aromatic carbocycles. The lowest BCUT2D eigenvalue weighted by Crippen LogP contribution is -2.05. The van der Waals surface area contributed by atoms with Crippen molar-refractivity contribution in [1.82, 2.24) is 4.57 Å². The van der Waals surface area contributed by atoms with Gasteiger partial charge in [0.05, 0.1) is 16.7 Å². The molecule has 92 valence electrons. The van der Waals surface area contributed by atoms with Crippen LogP contribution in [0.3, 0.4) is 0 Å². The van der Waals surface area contributed by atoms with Crippen molar-refractivity contribution in [2.24, 2.45) is 0 Å². The molecule has 0 aliphatic heterocycles. The Morgan fingerprint density at radius 2 is 2.00 bits per heavy atom. The number of rotatable bonds is 3. The van der Waals surface area contributed by atoms with Crippen molar-refractivity contribution in [2.45, 2.75) is 6.92 Å². The normalized spacial score (nSPS) is 10.1. The summed E-state index contributed by atoms with van der Waals surface area (Å²) in [5, 5.41) is 10.7. The van der Waals surface area contributed by atoms with Crippen molar-refractivity contribution >= 4 is 11.7 Å². The first kappa shape index (κ1) is 11.8. The van der Waals surface area contributed by atoms with Crippen LogP contribution in [0.2, 0.25) is 0 Å². The maximum atomic E-state index is 11.0. The number of ether oxygens (including phenoxy) is 1. The topological polar surface area (TPSA) is 74.4 Å². The molecule has 1 aromatic heterocycles. The smallest absolute Gasteiger partial charge is 0.308 e. The zero-order valence-corrected chi connectivity index (χ0v) is 9.57. The number of nitro benzene ring substituents is 1. The van der Waals surface area contributed by atoms with Gasteiger partial charge < -0.3 is 9.30 Å². The molecule has 0 fully saturated rings. The molecule has 2 rings (SSSR count). The molecule has 0 aliphatic carbocycles. The van der Waals surface area contributed by atoms with Crippen molar-refractivity contribution in [2.75, 3.05) is 0 Å². The monoisotopic (exact) mass is 246 g/mol. The van der Waals surface area contributed by atoms with E-state index < -0.39 is 10.9 Å². The van der Waals surface area contributed by atoms with Crippen LogP contribution in [0.25, 0.3) is 5.69 Å². The summed E-state index contributed by atoms with van der Waals surface area (Å²) in [4.78, 5) is 21.2. The Balaban J connectivity index is 2.52. The highest BCUT2D eigenvalue weighted by Crippen LogP contribution is 2.28. The van der Waals surface area contributed by atoms with E-state index in [0.717, 1.165) is 0 Å². The fraction of sp³-hybridized carbons (Fsp3) is 0.0833. The number of aromatic nitrogens is 1. The number of benzene rings is 1. The van der Waals surface area contributed by atoms with Crippen molar-refractivity contribution in [1.29, 1.82) is 0 Å². The Labute approximate surface area is 103 Å². The highest BCUT2D eigenvalue weighted by molar-refractivity contribution is 5.71. The molecule has 0 saturated carbocycles. The van der Waals surface area contributed by atoms with Crippen molar-refractivity contribution < 1.29 is 14.5 Å². The van der Waals surface area contributed by atoms with Crippen molar-refractivity contribution in [3.63, 3.8) is 0 Å². The van der Waals surface area contributed by atoms with Crippen LogP contribution in [-0.2, 0) is 4.79 Å². The Bertz CT molecular complexity index is 590. The summed E-state index contributed by atoms with van der Waals surface area (Å²) >= 11 is 0. The van der Waals surface area contributed by atoms with Crippen molar-refractivity contribution in [3.8, 4) is 11.4 Å². The van der Waals surface area contributed by atoms with Crippen LogP contribution in [0, 0.1) is 10.1 Å². The molecule has 0 N–H and O–H groups in total. The van der Waals surface area contributed by atoms with E-state index in [-0.39, 0.29) is 11.4 Å². The molecule has 0 saturated heterocycles. The Morgan fingerprint density at radius 1 is 1.33 bits per heavy atom. The van der Waals surface area contributed by atoms with E-state index in [4.69, 9.17) is 4.74 Å². The molecule has 0 aliphatic rings. The maximum absolute atomic E-state index is 11.0. The van der Waals surface area contributed by atoms with Gasteiger partial charge in [-0.05, 0) is 18.2 Å². The summed E-state index contributed by atoms with van der Waals surface area (Å²) in [6, 6.07) is 7.74. The van der Waals surface area contributed by atoms with Gasteiger partial charge >= 0.3 is 5.97 Å². The minimum absolute atomic E-state index is 0.123. The molecule has 0 atom stereocenters. The average Bonchev–Trinajstić information content (AvgIpc) is 2.81. The number of hydrogen-bond donors (Lipinski definition) is 0. The van der Waals surface area contributed by atoms with Crippen LogP contribution in [0.5, 0.6) is 5.75 Å². The van der Waals surface area contributed by atoms with E-state index in [1.165, 1.54) is 25.1 Å². The Morgan fingerprint density at radius 3 is 2.56 bits per heavy atom. The summed E-state index contributed by atoms with van der Waals surface area (Å²) in [6.45, 7) is 1.25. The fourth-order valence-corrected chi connectivity index (χ4v) is 1.56. The van der Waals surface area contributed by atoms with Gasteiger partial charge in [0.2, 0.25) is 0 Å². The molecule has 2 aromatic rings. The second-order valence-corrected chi connectivity index (χ2v) is 3.59. The van der Waals surface area contributed by atoms with Crippen LogP contribution >= 0.6 is 0 Å². The first-order valence-corrected chi connectivity index (χ1v) is 5.18. The molecule has 0 unspecified atom stereocenters. The number of carbonyl (C=O) groups excluding carboxylic acids is 1. The summed E-state index contributed by atoms with van der Waals surface area (Å²) in [5.74, 6) is -0.364. The third kappa shape index (κ3) is 2.37. The van der Waals surface area contributed by atoms with E-state index >= 15 is 0 Å². The van der Waals surface area contributed by atoms with E-state index in [2.05, 4.69) is 0 Å². The minimum atomic E-state index is -0.535. The summed E-state index contributed by atoms with van der Waals surface area (Å²) in [6.07, 6.45) is 3.52. The second-order valence-electron chi connectivity index (χ2n) is 3.59.